The summed E-state index contributed by atoms with van der Waals surface area (Å²) >= 11 is 0. The van der Waals surface area contributed by atoms with Gasteiger partial charge in [-0.05, 0) is 19.8 Å². The third-order valence-electron chi connectivity index (χ3n) is 2.48. The molecule has 76 valence electrons. The first-order valence-electron chi connectivity index (χ1n) is 4.92. The van der Waals surface area contributed by atoms with Gasteiger partial charge in [-0.2, -0.15) is 10.4 Å². The Balaban J connectivity index is 3.22. The van der Waals surface area contributed by atoms with Crippen LogP contribution >= 0.6 is 0 Å². The summed E-state index contributed by atoms with van der Waals surface area (Å²) in [5.74, 6) is 0.499. The summed E-state index contributed by atoms with van der Waals surface area (Å²) in [7, 11) is 0. The highest BCUT2D eigenvalue weighted by molar-refractivity contribution is 5.52. The van der Waals surface area contributed by atoms with E-state index >= 15 is 0 Å². The zero-order chi connectivity index (χ0) is 10.7. The van der Waals surface area contributed by atoms with Gasteiger partial charge in [0.2, 0.25) is 0 Å². The normalized spacial score (nSPS) is 12.4. The van der Waals surface area contributed by atoms with E-state index in [1.807, 2.05) is 13.8 Å². The van der Waals surface area contributed by atoms with Crippen molar-refractivity contribution >= 4 is 5.82 Å². The van der Waals surface area contributed by atoms with Crippen molar-refractivity contribution in [1.29, 1.82) is 5.26 Å². The monoisotopic (exact) mass is 192 g/mol. The van der Waals surface area contributed by atoms with Crippen molar-refractivity contribution in [3.63, 3.8) is 0 Å². The van der Waals surface area contributed by atoms with Gasteiger partial charge in [0.15, 0.2) is 0 Å². The first kappa shape index (κ1) is 10.6. The van der Waals surface area contributed by atoms with Crippen LogP contribution in [0.15, 0.2) is 0 Å². The molecule has 1 heterocycles. The number of aryl methyl sites for hydroxylation is 1. The molecule has 0 unspecified atom stereocenters. The number of aromatic nitrogens is 2. The summed E-state index contributed by atoms with van der Waals surface area (Å²) in [5.41, 5.74) is 7.18. The molecule has 4 nitrogen and oxygen atoms in total. The summed E-state index contributed by atoms with van der Waals surface area (Å²) in [6.45, 7) is 6.09. The van der Waals surface area contributed by atoms with Crippen molar-refractivity contribution in [3.05, 3.63) is 11.3 Å². The van der Waals surface area contributed by atoms with Crippen LogP contribution in [0.3, 0.4) is 0 Å². The Kier molecular flexibility index (Phi) is 3.13. The molecule has 0 bridgehead atoms. The standard InChI is InChI=1S/C10H16N4/c1-4-7(3)14-10(12)8(6-11)9(5-2)13-14/h7H,4-5,12H2,1-3H3/t7-/m1/s1. The lowest BCUT2D eigenvalue weighted by Crippen LogP contribution is -2.09. The molecule has 0 amide bonds. The van der Waals surface area contributed by atoms with Crippen LogP contribution in [0.2, 0.25) is 0 Å². The van der Waals surface area contributed by atoms with Gasteiger partial charge in [-0.3, -0.25) is 0 Å². The highest BCUT2D eigenvalue weighted by Crippen LogP contribution is 2.21. The Morgan fingerprint density at radius 2 is 2.21 bits per heavy atom. The Labute approximate surface area is 84.3 Å². The quantitative estimate of drug-likeness (QED) is 0.794. The number of hydrogen-bond donors (Lipinski definition) is 1. The summed E-state index contributed by atoms with van der Waals surface area (Å²) in [6, 6.07) is 2.36. The van der Waals surface area contributed by atoms with E-state index in [0.717, 1.165) is 18.5 Å². The number of nitrogens with two attached hydrogens (primary N) is 1. The molecule has 14 heavy (non-hydrogen) atoms. The smallest absolute Gasteiger partial charge is 0.140 e. The van der Waals surface area contributed by atoms with Crippen molar-refractivity contribution in [1.82, 2.24) is 9.78 Å². The molecule has 1 aromatic heterocycles. The van der Waals surface area contributed by atoms with E-state index in [2.05, 4.69) is 18.1 Å². The average Bonchev–Trinajstić information content (AvgIpc) is 2.53. The van der Waals surface area contributed by atoms with Crippen LogP contribution in [0.5, 0.6) is 0 Å². The van der Waals surface area contributed by atoms with Crippen LogP contribution < -0.4 is 5.73 Å². The molecule has 0 aliphatic heterocycles. The number of hydrogen-bond acceptors (Lipinski definition) is 3. The maximum Gasteiger partial charge on any atom is 0.140 e. The lowest BCUT2D eigenvalue weighted by Gasteiger charge is -2.10. The summed E-state index contributed by atoms with van der Waals surface area (Å²) < 4.78 is 1.75. The molecule has 1 atom stereocenters. The van der Waals surface area contributed by atoms with E-state index in [1.165, 1.54) is 0 Å². The highest BCUT2D eigenvalue weighted by Gasteiger charge is 2.16. The Hall–Kier alpha value is -1.50. The first-order valence-corrected chi connectivity index (χ1v) is 4.92. The molecule has 0 aliphatic rings. The van der Waals surface area contributed by atoms with Crippen LogP contribution in [0, 0.1) is 11.3 Å². The molecule has 1 rings (SSSR count). The minimum atomic E-state index is 0.252. The lowest BCUT2D eigenvalue weighted by molar-refractivity contribution is 0.481. The third-order valence-corrected chi connectivity index (χ3v) is 2.48. The van der Waals surface area contributed by atoms with Gasteiger partial charge < -0.3 is 5.73 Å². The molecule has 2 N–H and O–H groups in total. The van der Waals surface area contributed by atoms with Crippen LogP contribution in [0.4, 0.5) is 5.82 Å². The third kappa shape index (κ3) is 1.58. The zero-order valence-corrected chi connectivity index (χ0v) is 8.91. The maximum atomic E-state index is 8.91. The second-order valence-electron chi connectivity index (χ2n) is 3.37. The van der Waals surface area contributed by atoms with Crippen molar-refractivity contribution < 1.29 is 0 Å². The number of nitriles is 1. The minimum absolute atomic E-state index is 0.252. The summed E-state index contributed by atoms with van der Waals surface area (Å²) in [6.07, 6.45) is 1.70. The van der Waals surface area contributed by atoms with Crippen molar-refractivity contribution in [2.75, 3.05) is 5.73 Å². The van der Waals surface area contributed by atoms with Gasteiger partial charge in [0, 0.05) is 0 Å². The molecule has 0 aliphatic carbocycles. The Morgan fingerprint density at radius 1 is 1.57 bits per heavy atom. The molecule has 4 heteroatoms. The van der Waals surface area contributed by atoms with E-state index in [-0.39, 0.29) is 6.04 Å². The van der Waals surface area contributed by atoms with Gasteiger partial charge in [0.05, 0.1) is 11.7 Å². The van der Waals surface area contributed by atoms with Gasteiger partial charge in [0.1, 0.15) is 17.5 Å². The molecule has 0 spiro atoms. The van der Waals surface area contributed by atoms with Crippen molar-refractivity contribution in [3.8, 4) is 6.07 Å². The van der Waals surface area contributed by atoms with E-state index in [9.17, 15) is 0 Å². The van der Waals surface area contributed by atoms with Gasteiger partial charge in [-0.25, -0.2) is 4.68 Å². The van der Waals surface area contributed by atoms with Crippen LogP contribution in [-0.2, 0) is 6.42 Å². The molecule has 0 fully saturated rings. The Morgan fingerprint density at radius 3 is 2.57 bits per heavy atom. The largest absolute Gasteiger partial charge is 0.383 e. The molecule has 0 saturated carbocycles. The molecular weight excluding hydrogens is 176 g/mol. The second kappa shape index (κ2) is 4.14. The van der Waals surface area contributed by atoms with Crippen molar-refractivity contribution in [2.24, 2.45) is 0 Å². The fraction of sp³-hybridized carbons (Fsp3) is 0.600. The highest BCUT2D eigenvalue weighted by atomic mass is 15.3. The molecule has 0 radical (unpaired) electrons. The zero-order valence-electron chi connectivity index (χ0n) is 8.91. The average molecular weight is 192 g/mol. The summed E-state index contributed by atoms with van der Waals surface area (Å²) in [4.78, 5) is 0. The van der Waals surface area contributed by atoms with Crippen LogP contribution in [-0.4, -0.2) is 9.78 Å². The van der Waals surface area contributed by atoms with E-state index < -0.39 is 0 Å². The topological polar surface area (TPSA) is 67.6 Å². The molecular formula is C10H16N4. The predicted octanol–water partition coefficient (Wildman–Crippen LogP) is 1.87. The molecule has 0 saturated heterocycles. The van der Waals surface area contributed by atoms with Crippen LogP contribution in [0.1, 0.15) is 44.5 Å². The van der Waals surface area contributed by atoms with E-state index in [0.29, 0.717) is 11.4 Å². The molecule has 0 aromatic carbocycles. The fourth-order valence-electron chi connectivity index (χ4n) is 1.37. The second-order valence-corrected chi connectivity index (χ2v) is 3.37. The van der Waals surface area contributed by atoms with Gasteiger partial charge in [-0.1, -0.05) is 13.8 Å². The van der Waals surface area contributed by atoms with Crippen molar-refractivity contribution in [2.45, 2.75) is 39.7 Å². The lowest BCUT2D eigenvalue weighted by atomic mass is 10.2. The predicted molar refractivity (Wildman–Crippen MR) is 55.7 cm³/mol. The maximum absolute atomic E-state index is 8.91. The SMILES string of the molecule is CCc1nn([C@H](C)CC)c(N)c1C#N. The van der Waals surface area contributed by atoms with Crippen LogP contribution in [0.25, 0.3) is 0 Å². The summed E-state index contributed by atoms with van der Waals surface area (Å²) in [5, 5.41) is 13.3. The van der Waals surface area contributed by atoms with E-state index in [4.69, 9.17) is 11.0 Å². The van der Waals surface area contributed by atoms with Gasteiger partial charge in [0.25, 0.3) is 0 Å². The number of rotatable bonds is 3. The fourth-order valence-corrected chi connectivity index (χ4v) is 1.37. The number of nitrogen functional groups attached to an aromatic ring is 1. The number of anilines is 1. The first-order chi connectivity index (χ1) is 6.65. The van der Waals surface area contributed by atoms with Gasteiger partial charge >= 0.3 is 0 Å². The number of nitrogens with zero attached hydrogens (tertiary/aromatic N) is 3. The Bertz CT molecular complexity index is 359. The minimum Gasteiger partial charge on any atom is -0.383 e. The van der Waals surface area contributed by atoms with E-state index in [1.54, 1.807) is 4.68 Å². The molecule has 1 aromatic rings. The van der Waals surface area contributed by atoms with Gasteiger partial charge in [-0.15, -0.1) is 0 Å².